The summed E-state index contributed by atoms with van der Waals surface area (Å²) in [4.78, 5) is 14.2. The van der Waals surface area contributed by atoms with Crippen LogP contribution in [-0.4, -0.2) is 16.1 Å². The number of carboxylic acid groups (broad SMARTS) is 1. The molecule has 0 bridgehead atoms. The van der Waals surface area contributed by atoms with Gasteiger partial charge >= 0.3 is 5.97 Å². The summed E-state index contributed by atoms with van der Waals surface area (Å²) in [5.74, 6) is -1.06. The fourth-order valence-electron chi connectivity index (χ4n) is 0.558. The Morgan fingerprint density at radius 2 is 2.55 bits per heavy atom. The molecule has 0 atom stereocenters. The minimum Gasteiger partial charge on any atom is -0.478 e. The third kappa shape index (κ3) is 1.78. The van der Waals surface area contributed by atoms with Crippen molar-refractivity contribution < 1.29 is 9.90 Å². The summed E-state index contributed by atoms with van der Waals surface area (Å²) in [5.41, 5.74) is 2.99. The summed E-state index contributed by atoms with van der Waals surface area (Å²) in [7, 11) is 0. The zero-order chi connectivity index (χ0) is 8.27. The van der Waals surface area contributed by atoms with E-state index in [0.717, 1.165) is 5.54 Å². The molecule has 0 unspecified atom stereocenters. The Labute approximate surface area is 72.0 Å². The van der Waals surface area contributed by atoms with Gasteiger partial charge in [0, 0.05) is 10.9 Å². The van der Waals surface area contributed by atoms with E-state index in [1.165, 1.54) is 11.3 Å². The molecule has 1 heterocycles. The maximum Gasteiger partial charge on any atom is 0.338 e. The van der Waals surface area contributed by atoms with Crippen molar-refractivity contribution in [3.05, 3.63) is 22.1 Å². The lowest BCUT2D eigenvalue weighted by Crippen LogP contribution is -1.98. The molecule has 1 aromatic heterocycles. The zero-order valence-electron chi connectivity index (χ0n) is 5.32. The van der Waals surface area contributed by atoms with Gasteiger partial charge in [-0.25, -0.2) is 9.78 Å². The summed E-state index contributed by atoms with van der Waals surface area (Å²) in [6.07, 6.45) is 0. The minimum absolute atomic E-state index is 0.0212. The molecule has 0 fully saturated rings. The first-order valence-corrected chi connectivity index (χ1v) is 4.06. The normalized spacial score (nSPS) is 11.5. The molecule has 5 heteroatoms. The number of aromatic nitrogens is 1. The SMILES string of the molecule is O=C(O)/C(=C/Cl)c1cscn1. The van der Waals surface area contributed by atoms with Crippen LogP contribution in [0, 0.1) is 0 Å². The van der Waals surface area contributed by atoms with Gasteiger partial charge in [-0.3, -0.25) is 0 Å². The van der Waals surface area contributed by atoms with Gasteiger partial charge in [0.25, 0.3) is 0 Å². The van der Waals surface area contributed by atoms with Crippen molar-refractivity contribution in [2.75, 3.05) is 0 Å². The van der Waals surface area contributed by atoms with Crippen LogP contribution in [0.2, 0.25) is 0 Å². The van der Waals surface area contributed by atoms with Gasteiger partial charge in [0.05, 0.1) is 16.8 Å². The molecule has 0 aliphatic heterocycles. The fourth-order valence-corrected chi connectivity index (χ4v) is 1.31. The number of carbonyl (C=O) groups is 1. The van der Waals surface area contributed by atoms with Crippen LogP contribution in [0.5, 0.6) is 0 Å². The molecule has 0 amide bonds. The monoisotopic (exact) mass is 189 g/mol. The fraction of sp³-hybridized carbons (Fsp3) is 0. The highest BCUT2D eigenvalue weighted by molar-refractivity contribution is 7.07. The van der Waals surface area contributed by atoms with Gasteiger partial charge in [-0.05, 0) is 0 Å². The van der Waals surface area contributed by atoms with Crippen molar-refractivity contribution in [1.82, 2.24) is 4.98 Å². The summed E-state index contributed by atoms with van der Waals surface area (Å²) >= 11 is 6.60. The van der Waals surface area contributed by atoms with E-state index < -0.39 is 5.97 Å². The van der Waals surface area contributed by atoms with Gasteiger partial charge < -0.3 is 5.11 Å². The molecule has 0 saturated carbocycles. The predicted octanol–water partition coefficient (Wildman–Crippen LogP) is 1.81. The summed E-state index contributed by atoms with van der Waals surface area (Å²) < 4.78 is 0. The average molecular weight is 190 g/mol. The van der Waals surface area contributed by atoms with E-state index >= 15 is 0 Å². The number of aliphatic carboxylic acids is 1. The van der Waals surface area contributed by atoms with E-state index in [1.54, 1.807) is 10.9 Å². The van der Waals surface area contributed by atoms with E-state index in [4.69, 9.17) is 16.7 Å². The highest BCUT2D eigenvalue weighted by Gasteiger charge is 2.10. The second-order valence-corrected chi connectivity index (χ2v) is 2.64. The molecule has 0 radical (unpaired) electrons. The molecule has 0 spiro atoms. The van der Waals surface area contributed by atoms with Crippen molar-refractivity contribution in [1.29, 1.82) is 0 Å². The van der Waals surface area contributed by atoms with Crippen LogP contribution >= 0.6 is 22.9 Å². The van der Waals surface area contributed by atoms with E-state index in [1.807, 2.05) is 0 Å². The molecule has 0 aliphatic carbocycles. The van der Waals surface area contributed by atoms with Crippen LogP contribution < -0.4 is 0 Å². The molecule has 0 saturated heterocycles. The molecule has 1 rings (SSSR count). The molecular weight excluding hydrogens is 186 g/mol. The standard InChI is InChI=1S/C6H4ClNO2S/c7-1-4(6(9)10)5-2-11-3-8-5/h1-3H,(H,9,10)/b4-1+. The van der Waals surface area contributed by atoms with E-state index in [9.17, 15) is 4.79 Å². The minimum atomic E-state index is -1.06. The van der Waals surface area contributed by atoms with Crippen LogP contribution in [0.15, 0.2) is 16.4 Å². The van der Waals surface area contributed by atoms with Gasteiger partial charge in [0.15, 0.2) is 0 Å². The molecule has 0 aromatic carbocycles. The first kappa shape index (κ1) is 8.23. The molecule has 3 nitrogen and oxygen atoms in total. The van der Waals surface area contributed by atoms with E-state index in [-0.39, 0.29) is 5.57 Å². The maximum absolute atomic E-state index is 10.4. The van der Waals surface area contributed by atoms with Crippen molar-refractivity contribution >= 4 is 34.5 Å². The highest BCUT2D eigenvalue weighted by atomic mass is 35.5. The summed E-state index contributed by atoms with van der Waals surface area (Å²) in [6.45, 7) is 0. The number of carboxylic acids is 1. The van der Waals surface area contributed by atoms with Crippen LogP contribution in [0.4, 0.5) is 0 Å². The van der Waals surface area contributed by atoms with E-state index in [0.29, 0.717) is 5.69 Å². The molecule has 0 aliphatic rings. The summed E-state index contributed by atoms with van der Waals surface area (Å²) in [6, 6.07) is 0. The van der Waals surface area contributed by atoms with Gasteiger partial charge in [-0.2, -0.15) is 0 Å². The number of rotatable bonds is 2. The topological polar surface area (TPSA) is 50.2 Å². The number of halogens is 1. The van der Waals surface area contributed by atoms with Crippen molar-refractivity contribution in [3.63, 3.8) is 0 Å². The van der Waals surface area contributed by atoms with Gasteiger partial charge in [0.1, 0.15) is 0 Å². The highest BCUT2D eigenvalue weighted by Crippen LogP contribution is 2.14. The molecule has 1 aromatic rings. The molecular formula is C6H4ClNO2S. The largest absolute Gasteiger partial charge is 0.478 e. The number of hydrogen-bond donors (Lipinski definition) is 1. The van der Waals surface area contributed by atoms with E-state index in [2.05, 4.69) is 4.98 Å². The van der Waals surface area contributed by atoms with Gasteiger partial charge in [0.2, 0.25) is 0 Å². The molecule has 1 N–H and O–H groups in total. The number of hydrogen-bond acceptors (Lipinski definition) is 3. The van der Waals surface area contributed by atoms with Crippen LogP contribution in [0.3, 0.4) is 0 Å². The quantitative estimate of drug-likeness (QED) is 0.722. The van der Waals surface area contributed by atoms with Crippen LogP contribution in [0.1, 0.15) is 5.69 Å². The van der Waals surface area contributed by atoms with Crippen molar-refractivity contribution in [2.24, 2.45) is 0 Å². The Bertz CT molecular complexity index is 281. The number of thiazole rings is 1. The zero-order valence-corrected chi connectivity index (χ0v) is 6.89. The maximum atomic E-state index is 10.4. The van der Waals surface area contributed by atoms with Crippen LogP contribution in [0.25, 0.3) is 5.57 Å². The lowest BCUT2D eigenvalue weighted by Gasteiger charge is -1.92. The lowest BCUT2D eigenvalue weighted by atomic mass is 10.2. The Morgan fingerprint density at radius 3 is 2.91 bits per heavy atom. The first-order chi connectivity index (χ1) is 5.25. The third-order valence-electron chi connectivity index (χ3n) is 1.05. The average Bonchev–Trinajstić information content (AvgIpc) is 2.40. The number of nitrogens with zero attached hydrogens (tertiary/aromatic N) is 1. The Morgan fingerprint density at radius 1 is 1.82 bits per heavy atom. The van der Waals surface area contributed by atoms with Gasteiger partial charge in [-0.15, -0.1) is 11.3 Å². The predicted molar refractivity (Wildman–Crippen MR) is 43.6 cm³/mol. The smallest absolute Gasteiger partial charge is 0.338 e. The lowest BCUT2D eigenvalue weighted by molar-refractivity contribution is -0.130. The van der Waals surface area contributed by atoms with Crippen molar-refractivity contribution in [3.8, 4) is 0 Å². The van der Waals surface area contributed by atoms with Crippen LogP contribution in [-0.2, 0) is 4.79 Å². The first-order valence-electron chi connectivity index (χ1n) is 2.68. The molecule has 58 valence electrons. The summed E-state index contributed by atoms with van der Waals surface area (Å²) in [5, 5.41) is 10.2. The molecule has 11 heavy (non-hydrogen) atoms. The Balaban J connectivity index is 2.99. The third-order valence-corrected chi connectivity index (χ3v) is 1.85. The van der Waals surface area contributed by atoms with Gasteiger partial charge in [-0.1, -0.05) is 11.6 Å². The Kier molecular flexibility index (Phi) is 2.62. The Hall–Kier alpha value is -0.870. The second-order valence-electron chi connectivity index (χ2n) is 1.70. The van der Waals surface area contributed by atoms with Crippen molar-refractivity contribution in [2.45, 2.75) is 0 Å². The second kappa shape index (κ2) is 3.50.